The molecule has 1 aliphatic rings. The molecule has 1 amide bonds. The Labute approximate surface area is 115 Å². The van der Waals surface area contributed by atoms with Crippen molar-refractivity contribution in [3.8, 4) is 0 Å². The van der Waals surface area contributed by atoms with Gasteiger partial charge in [-0.05, 0) is 0 Å². The minimum atomic E-state index is -0.252. The summed E-state index contributed by atoms with van der Waals surface area (Å²) in [5, 5.41) is 0. The van der Waals surface area contributed by atoms with E-state index in [1.165, 1.54) is 12.4 Å². The summed E-state index contributed by atoms with van der Waals surface area (Å²) in [5.41, 5.74) is 1.07. The van der Waals surface area contributed by atoms with E-state index in [0.717, 1.165) is 5.69 Å². The number of aromatic nitrogens is 4. The van der Waals surface area contributed by atoms with Gasteiger partial charge in [-0.15, -0.1) is 0 Å². The van der Waals surface area contributed by atoms with Crippen molar-refractivity contribution in [2.75, 3.05) is 19.7 Å². The topological polar surface area (TPSA) is 81.1 Å². The fourth-order valence-corrected chi connectivity index (χ4v) is 2.06. The lowest BCUT2D eigenvalue weighted by atomic mass is 10.2. The second-order valence-electron chi connectivity index (χ2n) is 4.33. The molecule has 0 unspecified atom stereocenters. The molecule has 1 saturated heterocycles. The predicted octanol–water partition coefficient (Wildman–Crippen LogP) is 0.480. The number of nitrogens with zero attached hydrogens (tertiary/aromatic N) is 5. The van der Waals surface area contributed by atoms with Crippen LogP contribution >= 0.6 is 0 Å². The average Bonchev–Trinajstić information content (AvgIpc) is 2.56. The summed E-state index contributed by atoms with van der Waals surface area (Å²) in [6.07, 6.45) is 9.14. The van der Waals surface area contributed by atoms with E-state index in [1.54, 1.807) is 29.7 Å². The Morgan fingerprint density at radius 3 is 2.65 bits per heavy atom. The molecular formula is C13H13N5O2. The van der Waals surface area contributed by atoms with Crippen molar-refractivity contribution in [2.45, 2.75) is 6.10 Å². The number of amides is 1. The van der Waals surface area contributed by atoms with E-state index in [1.807, 2.05) is 0 Å². The molecule has 102 valence electrons. The van der Waals surface area contributed by atoms with Crippen LogP contribution in [0.4, 0.5) is 0 Å². The molecule has 7 heteroatoms. The number of carbonyl (C=O) groups is 1. The molecule has 0 spiro atoms. The first kappa shape index (κ1) is 12.6. The van der Waals surface area contributed by atoms with E-state index in [2.05, 4.69) is 19.9 Å². The van der Waals surface area contributed by atoms with Crippen LogP contribution in [0.5, 0.6) is 0 Å². The van der Waals surface area contributed by atoms with Gasteiger partial charge in [-0.1, -0.05) is 0 Å². The highest BCUT2D eigenvalue weighted by atomic mass is 16.5. The van der Waals surface area contributed by atoms with Crippen LogP contribution in [0.15, 0.2) is 37.2 Å². The normalized spacial score (nSPS) is 18.8. The highest BCUT2D eigenvalue weighted by Crippen LogP contribution is 2.20. The van der Waals surface area contributed by atoms with Crippen molar-refractivity contribution in [2.24, 2.45) is 0 Å². The van der Waals surface area contributed by atoms with E-state index in [-0.39, 0.29) is 12.0 Å². The molecule has 0 N–H and O–H groups in total. The lowest BCUT2D eigenvalue weighted by Gasteiger charge is -2.32. The average molecular weight is 271 g/mol. The summed E-state index contributed by atoms with van der Waals surface area (Å²) in [6.45, 7) is 1.44. The van der Waals surface area contributed by atoms with Crippen molar-refractivity contribution in [1.82, 2.24) is 24.8 Å². The molecular weight excluding hydrogens is 258 g/mol. The summed E-state index contributed by atoms with van der Waals surface area (Å²) in [5.74, 6) is -0.143. The lowest BCUT2D eigenvalue weighted by Crippen LogP contribution is -2.42. The SMILES string of the molecule is O=C(c1cnccn1)N1CCO[C@H](c2cnccn2)C1. The van der Waals surface area contributed by atoms with Gasteiger partial charge in [0.1, 0.15) is 11.8 Å². The molecule has 3 heterocycles. The Morgan fingerprint density at radius 1 is 1.15 bits per heavy atom. The Bertz CT molecular complexity index is 578. The van der Waals surface area contributed by atoms with Gasteiger partial charge in [0.05, 0.1) is 31.2 Å². The van der Waals surface area contributed by atoms with Crippen molar-refractivity contribution in [3.63, 3.8) is 0 Å². The third-order valence-electron chi connectivity index (χ3n) is 3.05. The molecule has 0 radical (unpaired) electrons. The monoisotopic (exact) mass is 271 g/mol. The summed E-state index contributed by atoms with van der Waals surface area (Å²) in [7, 11) is 0. The van der Waals surface area contributed by atoms with Crippen LogP contribution in [-0.4, -0.2) is 50.4 Å². The van der Waals surface area contributed by atoms with E-state index >= 15 is 0 Å². The van der Waals surface area contributed by atoms with Gasteiger partial charge in [-0.3, -0.25) is 19.7 Å². The van der Waals surface area contributed by atoms with Gasteiger partial charge in [0, 0.05) is 31.3 Å². The molecule has 2 aromatic heterocycles. The second kappa shape index (κ2) is 5.70. The zero-order valence-corrected chi connectivity index (χ0v) is 10.7. The maximum atomic E-state index is 12.3. The fraction of sp³-hybridized carbons (Fsp3) is 0.308. The smallest absolute Gasteiger partial charge is 0.274 e. The molecule has 1 atom stereocenters. The first-order valence-corrected chi connectivity index (χ1v) is 6.27. The van der Waals surface area contributed by atoms with Crippen LogP contribution in [0.25, 0.3) is 0 Å². The van der Waals surface area contributed by atoms with Gasteiger partial charge in [-0.25, -0.2) is 4.98 Å². The van der Waals surface area contributed by atoms with Crippen molar-refractivity contribution < 1.29 is 9.53 Å². The zero-order valence-electron chi connectivity index (χ0n) is 10.7. The summed E-state index contributed by atoms with van der Waals surface area (Å²) in [6, 6.07) is 0. The van der Waals surface area contributed by atoms with Crippen LogP contribution < -0.4 is 0 Å². The third-order valence-corrected chi connectivity index (χ3v) is 3.05. The van der Waals surface area contributed by atoms with Crippen LogP contribution in [-0.2, 0) is 4.74 Å². The van der Waals surface area contributed by atoms with Gasteiger partial charge in [0.2, 0.25) is 0 Å². The van der Waals surface area contributed by atoms with Crippen LogP contribution in [0, 0.1) is 0 Å². The Morgan fingerprint density at radius 2 is 1.95 bits per heavy atom. The maximum Gasteiger partial charge on any atom is 0.274 e. The molecule has 0 aliphatic carbocycles. The number of hydrogen-bond acceptors (Lipinski definition) is 6. The number of carbonyl (C=O) groups excluding carboxylic acids is 1. The molecule has 2 aromatic rings. The molecule has 20 heavy (non-hydrogen) atoms. The summed E-state index contributed by atoms with van der Waals surface area (Å²) < 4.78 is 5.65. The zero-order chi connectivity index (χ0) is 13.8. The Kier molecular flexibility index (Phi) is 3.60. The number of hydrogen-bond donors (Lipinski definition) is 0. The minimum absolute atomic E-state index is 0.143. The lowest BCUT2D eigenvalue weighted by molar-refractivity contribution is -0.0251. The molecule has 0 bridgehead atoms. The van der Waals surface area contributed by atoms with Crippen LogP contribution in [0.1, 0.15) is 22.3 Å². The highest BCUT2D eigenvalue weighted by Gasteiger charge is 2.27. The molecule has 1 aliphatic heterocycles. The summed E-state index contributed by atoms with van der Waals surface area (Å²) in [4.78, 5) is 30.2. The molecule has 1 fully saturated rings. The Balaban J connectivity index is 1.74. The van der Waals surface area contributed by atoms with Gasteiger partial charge in [-0.2, -0.15) is 0 Å². The van der Waals surface area contributed by atoms with Crippen molar-refractivity contribution >= 4 is 5.91 Å². The standard InChI is InChI=1S/C13H13N5O2/c19-13(11-8-15-2-4-17-11)18-5-6-20-12(9-18)10-7-14-1-3-16-10/h1-4,7-8,12H,5-6,9H2/t12-/m0/s1. The Hall–Kier alpha value is -2.41. The fourth-order valence-electron chi connectivity index (χ4n) is 2.06. The van der Waals surface area contributed by atoms with E-state index in [9.17, 15) is 4.79 Å². The molecule has 0 saturated carbocycles. The van der Waals surface area contributed by atoms with Gasteiger partial charge in [0.25, 0.3) is 5.91 Å². The molecule has 7 nitrogen and oxygen atoms in total. The number of rotatable bonds is 2. The summed E-state index contributed by atoms with van der Waals surface area (Å²) >= 11 is 0. The highest BCUT2D eigenvalue weighted by molar-refractivity contribution is 5.92. The maximum absolute atomic E-state index is 12.3. The van der Waals surface area contributed by atoms with Gasteiger partial charge in [0.15, 0.2) is 0 Å². The van der Waals surface area contributed by atoms with E-state index in [4.69, 9.17) is 4.74 Å². The van der Waals surface area contributed by atoms with E-state index in [0.29, 0.717) is 25.4 Å². The number of ether oxygens (including phenoxy) is 1. The van der Waals surface area contributed by atoms with Gasteiger partial charge >= 0.3 is 0 Å². The molecule has 3 rings (SSSR count). The quantitative estimate of drug-likeness (QED) is 0.790. The van der Waals surface area contributed by atoms with Gasteiger partial charge < -0.3 is 9.64 Å². The third kappa shape index (κ3) is 2.62. The van der Waals surface area contributed by atoms with Crippen LogP contribution in [0.3, 0.4) is 0 Å². The van der Waals surface area contributed by atoms with Crippen molar-refractivity contribution in [1.29, 1.82) is 0 Å². The predicted molar refractivity (Wildman–Crippen MR) is 68.7 cm³/mol. The van der Waals surface area contributed by atoms with Crippen molar-refractivity contribution in [3.05, 3.63) is 48.6 Å². The molecule has 0 aromatic carbocycles. The largest absolute Gasteiger partial charge is 0.368 e. The second-order valence-corrected chi connectivity index (χ2v) is 4.33. The van der Waals surface area contributed by atoms with Crippen LogP contribution in [0.2, 0.25) is 0 Å². The first-order valence-electron chi connectivity index (χ1n) is 6.27. The van der Waals surface area contributed by atoms with E-state index < -0.39 is 0 Å². The first-order chi connectivity index (χ1) is 9.84. The number of morpholine rings is 1. The minimum Gasteiger partial charge on any atom is -0.368 e.